The number of fused-ring (bicyclic) bond motifs is 6. The van der Waals surface area contributed by atoms with Gasteiger partial charge in [0.1, 0.15) is 11.2 Å². The Morgan fingerprint density at radius 3 is 1.84 bits per heavy atom. The average Bonchev–Trinajstić information content (AvgIpc) is 3.50. The lowest BCUT2D eigenvalue weighted by Crippen LogP contribution is -1.88. The largest absolute Gasteiger partial charge is 0.455 e. The molecular weight excluding hydrogens is 546 g/mol. The van der Waals surface area contributed by atoms with Gasteiger partial charge in [0.2, 0.25) is 0 Å². The molecule has 0 N–H and O–H groups in total. The number of nitrogens with zero attached hydrogens (tertiary/aromatic N) is 1. The van der Waals surface area contributed by atoms with Crippen LogP contribution in [0.15, 0.2) is 168 Å². The number of pyridine rings is 1. The van der Waals surface area contributed by atoms with Gasteiger partial charge in [0.15, 0.2) is 0 Å². The fraction of sp³-hybridized carbons (Fsp3) is 0. The molecule has 0 aliphatic rings. The number of aromatic nitrogens is 1. The molecule has 210 valence electrons. The Balaban J connectivity index is 1.26. The molecule has 0 saturated carbocycles. The van der Waals surface area contributed by atoms with Crippen LogP contribution < -0.4 is 0 Å². The first-order valence-corrected chi connectivity index (χ1v) is 15.3. The smallest absolute Gasteiger partial charge is 0.143 e. The second kappa shape index (κ2) is 10.3. The molecule has 7 aromatic carbocycles. The summed E-state index contributed by atoms with van der Waals surface area (Å²) in [6.07, 6.45) is 3.71. The third-order valence-corrected chi connectivity index (χ3v) is 8.94. The van der Waals surface area contributed by atoms with Gasteiger partial charge < -0.3 is 4.42 Å². The standard InChI is InChI=1S/C43H27NO/c1-2-12-35-31(9-1)27-41(38-14-4-3-13-37(35)38)30-11-7-10-29(23-30)33-24-32(28-19-21-44-22-20-28)25-34(26-33)36-16-8-17-40-39-15-5-6-18-42(39)45-43(36)40/h1-27H. The summed E-state index contributed by atoms with van der Waals surface area (Å²) in [6, 6.07) is 54.4. The highest BCUT2D eigenvalue weighted by Crippen LogP contribution is 2.41. The molecule has 0 spiro atoms. The Bertz CT molecular complexity index is 2540. The van der Waals surface area contributed by atoms with Crippen LogP contribution in [0.4, 0.5) is 0 Å². The van der Waals surface area contributed by atoms with E-state index in [0.717, 1.165) is 49.8 Å². The summed E-state index contributed by atoms with van der Waals surface area (Å²) in [5.41, 5.74) is 11.0. The molecule has 9 aromatic rings. The van der Waals surface area contributed by atoms with Gasteiger partial charge in [-0.3, -0.25) is 4.98 Å². The number of rotatable bonds is 4. The Morgan fingerprint density at radius 1 is 0.356 bits per heavy atom. The summed E-state index contributed by atoms with van der Waals surface area (Å²) in [5.74, 6) is 0. The van der Waals surface area contributed by atoms with Crippen LogP contribution in [-0.4, -0.2) is 4.98 Å². The molecule has 2 heteroatoms. The molecule has 0 radical (unpaired) electrons. The minimum Gasteiger partial charge on any atom is -0.455 e. The van der Waals surface area contributed by atoms with Crippen molar-refractivity contribution in [3.05, 3.63) is 164 Å². The van der Waals surface area contributed by atoms with Crippen molar-refractivity contribution in [2.75, 3.05) is 0 Å². The first-order chi connectivity index (χ1) is 22.3. The van der Waals surface area contributed by atoms with Crippen molar-refractivity contribution in [3.8, 4) is 44.5 Å². The predicted molar refractivity (Wildman–Crippen MR) is 188 cm³/mol. The molecule has 2 heterocycles. The third-order valence-electron chi connectivity index (χ3n) is 8.94. The maximum absolute atomic E-state index is 6.47. The summed E-state index contributed by atoms with van der Waals surface area (Å²) >= 11 is 0. The Kier molecular flexibility index (Phi) is 5.85. The van der Waals surface area contributed by atoms with Gasteiger partial charge in [-0.2, -0.15) is 0 Å². The van der Waals surface area contributed by atoms with E-state index in [9.17, 15) is 0 Å². The maximum Gasteiger partial charge on any atom is 0.143 e. The first-order valence-electron chi connectivity index (χ1n) is 15.3. The van der Waals surface area contributed by atoms with E-state index in [-0.39, 0.29) is 0 Å². The van der Waals surface area contributed by atoms with Gasteiger partial charge in [0, 0.05) is 28.7 Å². The minimum atomic E-state index is 0.903. The molecule has 0 unspecified atom stereocenters. The van der Waals surface area contributed by atoms with Gasteiger partial charge in [-0.15, -0.1) is 0 Å². The molecule has 0 aliphatic carbocycles. The maximum atomic E-state index is 6.47. The second-order valence-electron chi connectivity index (χ2n) is 11.6. The van der Waals surface area contributed by atoms with E-state index in [1.807, 2.05) is 24.5 Å². The van der Waals surface area contributed by atoms with E-state index < -0.39 is 0 Å². The highest BCUT2D eigenvalue weighted by Gasteiger charge is 2.15. The van der Waals surface area contributed by atoms with Crippen LogP contribution in [0.25, 0.3) is 88.0 Å². The van der Waals surface area contributed by atoms with Crippen molar-refractivity contribution in [1.29, 1.82) is 0 Å². The molecular formula is C43H27NO. The Labute approximate surface area is 260 Å². The van der Waals surface area contributed by atoms with E-state index in [0.29, 0.717) is 0 Å². The lowest BCUT2D eigenvalue weighted by atomic mass is 9.90. The number of benzene rings is 7. The van der Waals surface area contributed by atoms with Crippen LogP contribution in [-0.2, 0) is 0 Å². The number of hydrogen-bond donors (Lipinski definition) is 0. The monoisotopic (exact) mass is 573 g/mol. The van der Waals surface area contributed by atoms with Crippen molar-refractivity contribution in [1.82, 2.24) is 4.98 Å². The molecule has 0 aliphatic heterocycles. The molecule has 9 rings (SSSR count). The zero-order chi connectivity index (χ0) is 29.7. The van der Waals surface area contributed by atoms with Crippen LogP contribution in [0.3, 0.4) is 0 Å². The highest BCUT2D eigenvalue weighted by atomic mass is 16.3. The summed E-state index contributed by atoms with van der Waals surface area (Å²) in [7, 11) is 0. The quantitative estimate of drug-likeness (QED) is 0.196. The minimum absolute atomic E-state index is 0.903. The van der Waals surface area contributed by atoms with Crippen molar-refractivity contribution in [2.45, 2.75) is 0 Å². The predicted octanol–water partition coefficient (Wildman–Crippen LogP) is 12.0. The zero-order valence-corrected chi connectivity index (χ0v) is 24.4. The van der Waals surface area contributed by atoms with Gasteiger partial charge in [-0.1, -0.05) is 103 Å². The van der Waals surface area contributed by atoms with Gasteiger partial charge in [-0.25, -0.2) is 0 Å². The molecule has 45 heavy (non-hydrogen) atoms. The van der Waals surface area contributed by atoms with E-state index in [1.54, 1.807) is 0 Å². The SMILES string of the molecule is c1cc(-c2cc(-c3ccncc3)cc(-c3cccc4c3oc3ccccc34)c2)cc(-c2cc3ccccc3c3ccccc23)c1. The molecule has 2 aromatic heterocycles. The lowest BCUT2D eigenvalue weighted by molar-refractivity contribution is 0.670. The number of para-hydroxylation sites is 2. The van der Waals surface area contributed by atoms with Crippen LogP contribution in [0.5, 0.6) is 0 Å². The van der Waals surface area contributed by atoms with Crippen LogP contribution in [0.1, 0.15) is 0 Å². The summed E-state index contributed by atoms with van der Waals surface area (Å²) < 4.78 is 6.47. The van der Waals surface area contributed by atoms with E-state index in [1.165, 1.54) is 38.2 Å². The van der Waals surface area contributed by atoms with E-state index >= 15 is 0 Å². The zero-order valence-electron chi connectivity index (χ0n) is 24.4. The van der Waals surface area contributed by atoms with Gasteiger partial charge in [0.25, 0.3) is 0 Å². The van der Waals surface area contributed by atoms with E-state index in [2.05, 4.69) is 145 Å². The topological polar surface area (TPSA) is 26.0 Å². The van der Waals surface area contributed by atoms with Crippen LogP contribution in [0, 0.1) is 0 Å². The second-order valence-corrected chi connectivity index (χ2v) is 11.6. The number of hydrogen-bond acceptors (Lipinski definition) is 2. The van der Waals surface area contributed by atoms with Gasteiger partial charge in [0.05, 0.1) is 0 Å². The van der Waals surface area contributed by atoms with Crippen molar-refractivity contribution >= 4 is 43.5 Å². The molecule has 0 bridgehead atoms. The summed E-state index contributed by atoms with van der Waals surface area (Å²) in [5, 5.41) is 7.33. The highest BCUT2D eigenvalue weighted by molar-refractivity contribution is 6.14. The van der Waals surface area contributed by atoms with E-state index in [4.69, 9.17) is 4.42 Å². The fourth-order valence-corrected chi connectivity index (χ4v) is 6.79. The molecule has 0 amide bonds. The van der Waals surface area contributed by atoms with Gasteiger partial charge in [-0.05, 0) is 109 Å². The molecule has 0 atom stereocenters. The summed E-state index contributed by atoms with van der Waals surface area (Å²) in [4.78, 5) is 4.27. The number of furan rings is 1. The van der Waals surface area contributed by atoms with Crippen LogP contribution >= 0.6 is 0 Å². The summed E-state index contributed by atoms with van der Waals surface area (Å²) in [6.45, 7) is 0. The Morgan fingerprint density at radius 2 is 0.978 bits per heavy atom. The normalized spacial score (nSPS) is 11.6. The van der Waals surface area contributed by atoms with Crippen molar-refractivity contribution in [2.24, 2.45) is 0 Å². The average molecular weight is 574 g/mol. The fourth-order valence-electron chi connectivity index (χ4n) is 6.79. The van der Waals surface area contributed by atoms with Gasteiger partial charge >= 0.3 is 0 Å². The lowest BCUT2D eigenvalue weighted by Gasteiger charge is -2.14. The third kappa shape index (κ3) is 4.30. The van der Waals surface area contributed by atoms with Crippen LogP contribution in [0.2, 0.25) is 0 Å². The molecule has 0 saturated heterocycles. The molecule has 2 nitrogen and oxygen atoms in total. The van der Waals surface area contributed by atoms with Crippen molar-refractivity contribution < 1.29 is 4.42 Å². The first kappa shape index (κ1) is 25.5. The van der Waals surface area contributed by atoms with Crippen molar-refractivity contribution in [3.63, 3.8) is 0 Å². The Hall–Kier alpha value is -5.99. The molecule has 0 fully saturated rings.